The van der Waals surface area contributed by atoms with Crippen LogP contribution >= 0.6 is 27.5 Å². The molecule has 0 saturated carbocycles. The molecule has 0 atom stereocenters. The Kier molecular flexibility index (Phi) is 2.80. The molecule has 0 saturated heterocycles. The van der Waals surface area contributed by atoms with Crippen LogP contribution in [0.3, 0.4) is 0 Å². The van der Waals surface area contributed by atoms with Gasteiger partial charge in [-0.25, -0.2) is 4.98 Å². The van der Waals surface area contributed by atoms with Gasteiger partial charge < -0.3 is 0 Å². The summed E-state index contributed by atoms with van der Waals surface area (Å²) in [7, 11) is 0. The highest BCUT2D eigenvalue weighted by Gasteiger charge is 2.04. The number of nitrogens with zero attached hydrogens (tertiary/aromatic N) is 2. The van der Waals surface area contributed by atoms with E-state index in [1.165, 1.54) is 10.5 Å². The Balaban J connectivity index is 2.91. The molecule has 0 spiro atoms. The van der Waals surface area contributed by atoms with Crippen LogP contribution in [0.2, 0.25) is 0 Å². The van der Waals surface area contributed by atoms with E-state index < -0.39 is 0 Å². The van der Waals surface area contributed by atoms with Crippen molar-refractivity contribution >= 4 is 33.2 Å². The maximum atomic E-state index is 11.7. The zero-order valence-electron chi connectivity index (χ0n) is 8.00. The molecule has 2 aromatic heterocycles. The summed E-state index contributed by atoms with van der Waals surface area (Å²) in [6, 6.07) is 3.37. The molecule has 0 aliphatic carbocycles. The summed E-state index contributed by atoms with van der Waals surface area (Å²) in [5, 5.41) is 0. The third-order valence-corrected chi connectivity index (χ3v) is 2.81. The van der Waals surface area contributed by atoms with E-state index in [0.717, 1.165) is 10.0 Å². The van der Waals surface area contributed by atoms with Gasteiger partial charge >= 0.3 is 0 Å². The van der Waals surface area contributed by atoms with E-state index in [2.05, 4.69) is 20.9 Å². The average Bonchev–Trinajstić information content (AvgIpc) is 2.19. The Morgan fingerprint density at radius 2 is 2.27 bits per heavy atom. The first kappa shape index (κ1) is 10.6. The summed E-state index contributed by atoms with van der Waals surface area (Å²) in [6.07, 6.45) is 1.70. The van der Waals surface area contributed by atoms with Gasteiger partial charge in [0.05, 0.1) is 11.6 Å². The van der Waals surface area contributed by atoms with Crippen molar-refractivity contribution in [1.29, 1.82) is 0 Å². The van der Waals surface area contributed by atoms with Crippen molar-refractivity contribution in [3.8, 4) is 0 Å². The van der Waals surface area contributed by atoms with Gasteiger partial charge in [-0.3, -0.25) is 9.20 Å². The summed E-state index contributed by atoms with van der Waals surface area (Å²) in [6.45, 7) is 1.91. The lowest BCUT2D eigenvalue weighted by Crippen LogP contribution is -2.15. The maximum Gasteiger partial charge on any atom is 0.258 e. The van der Waals surface area contributed by atoms with E-state index in [1.54, 1.807) is 6.20 Å². The zero-order chi connectivity index (χ0) is 11.0. The molecule has 0 unspecified atom stereocenters. The minimum absolute atomic E-state index is 0.111. The minimum atomic E-state index is -0.111. The number of hydrogen-bond acceptors (Lipinski definition) is 2. The van der Waals surface area contributed by atoms with Crippen LogP contribution in [0.5, 0.6) is 0 Å². The Hall–Kier alpha value is -0.870. The van der Waals surface area contributed by atoms with Crippen molar-refractivity contribution in [3.63, 3.8) is 0 Å². The van der Waals surface area contributed by atoms with E-state index in [9.17, 15) is 4.79 Å². The lowest BCUT2D eigenvalue weighted by atomic mass is 10.3. The number of hydrogen-bond donors (Lipinski definition) is 0. The molecule has 0 aromatic carbocycles. The first-order valence-electron chi connectivity index (χ1n) is 4.36. The van der Waals surface area contributed by atoms with Gasteiger partial charge in [-0.15, -0.1) is 11.6 Å². The molecule has 2 rings (SSSR count). The minimum Gasteiger partial charge on any atom is -0.269 e. The average molecular weight is 288 g/mol. The van der Waals surface area contributed by atoms with Gasteiger partial charge in [0.25, 0.3) is 5.56 Å². The number of aryl methyl sites for hydroxylation is 1. The summed E-state index contributed by atoms with van der Waals surface area (Å²) in [5.74, 6) is 0.251. The predicted octanol–water partition coefficient (Wildman–Crippen LogP) is 2.50. The highest BCUT2D eigenvalue weighted by molar-refractivity contribution is 9.10. The molecule has 0 radical (unpaired) electrons. The van der Waals surface area contributed by atoms with Gasteiger partial charge in [0, 0.05) is 16.7 Å². The molecule has 0 aliphatic heterocycles. The molecule has 2 aromatic rings. The Labute approximate surface area is 99.8 Å². The fourth-order valence-corrected chi connectivity index (χ4v) is 2.13. The van der Waals surface area contributed by atoms with Crippen molar-refractivity contribution in [3.05, 3.63) is 44.4 Å². The van der Waals surface area contributed by atoms with Crippen LogP contribution in [0.1, 0.15) is 11.3 Å². The predicted molar refractivity (Wildman–Crippen MR) is 63.5 cm³/mol. The lowest BCUT2D eigenvalue weighted by molar-refractivity contribution is 0.994. The summed E-state index contributed by atoms with van der Waals surface area (Å²) < 4.78 is 2.37. The van der Waals surface area contributed by atoms with Crippen molar-refractivity contribution in [2.24, 2.45) is 0 Å². The molecule has 3 nitrogen and oxygen atoms in total. The topological polar surface area (TPSA) is 34.4 Å². The van der Waals surface area contributed by atoms with Crippen LogP contribution in [-0.2, 0) is 5.88 Å². The number of fused-ring (bicyclic) bond motifs is 1. The largest absolute Gasteiger partial charge is 0.269 e. The van der Waals surface area contributed by atoms with Crippen molar-refractivity contribution < 1.29 is 0 Å². The van der Waals surface area contributed by atoms with Gasteiger partial charge in [0.15, 0.2) is 0 Å². The van der Waals surface area contributed by atoms with Crippen molar-refractivity contribution in [1.82, 2.24) is 9.38 Å². The monoisotopic (exact) mass is 286 g/mol. The van der Waals surface area contributed by atoms with E-state index >= 15 is 0 Å². The molecule has 2 heterocycles. The smallest absolute Gasteiger partial charge is 0.258 e. The fourth-order valence-electron chi connectivity index (χ4n) is 1.44. The first-order chi connectivity index (χ1) is 7.11. The quantitative estimate of drug-likeness (QED) is 0.755. The number of alkyl halides is 1. The second kappa shape index (κ2) is 3.94. The van der Waals surface area contributed by atoms with Crippen molar-refractivity contribution in [2.45, 2.75) is 12.8 Å². The molecule has 78 valence electrons. The normalized spacial score (nSPS) is 10.9. The molecular weight excluding hydrogens is 279 g/mol. The molecule has 0 bridgehead atoms. The van der Waals surface area contributed by atoms with Gasteiger partial charge in [0.1, 0.15) is 5.65 Å². The van der Waals surface area contributed by atoms with Gasteiger partial charge in [-0.05, 0) is 34.5 Å². The Morgan fingerprint density at radius 1 is 1.53 bits per heavy atom. The lowest BCUT2D eigenvalue weighted by Gasteiger charge is -2.05. The number of rotatable bonds is 1. The summed E-state index contributed by atoms with van der Waals surface area (Å²) >= 11 is 9.00. The molecule has 0 amide bonds. The zero-order valence-corrected chi connectivity index (χ0v) is 10.3. The van der Waals surface area contributed by atoms with Crippen LogP contribution in [0.15, 0.2) is 27.6 Å². The van der Waals surface area contributed by atoms with Crippen LogP contribution in [0.25, 0.3) is 5.65 Å². The molecular formula is C10H8BrClN2O. The number of pyridine rings is 1. The van der Waals surface area contributed by atoms with E-state index in [0.29, 0.717) is 11.3 Å². The maximum absolute atomic E-state index is 11.7. The third-order valence-electron chi connectivity index (χ3n) is 2.10. The Bertz CT molecular complexity index is 579. The van der Waals surface area contributed by atoms with E-state index in [1.807, 2.05) is 13.0 Å². The van der Waals surface area contributed by atoms with Gasteiger partial charge in [0.2, 0.25) is 0 Å². The second-order valence-electron chi connectivity index (χ2n) is 3.25. The highest BCUT2D eigenvalue weighted by Crippen LogP contribution is 2.14. The number of aromatic nitrogens is 2. The highest BCUT2D eigenvalue weighted by atomic mass is 79.9. The molecule has 0 aliphatic rings. The first-order valence-corrected chi connectivity index (χ1v) is 5.69. The van der Waals surface area contributed by atoms with E-state index in [4.69, 9.17) is 11.6 Å². The molecule has 0 N–H and O–H groups in total. The standard InChI is InChI=1S/C10H8BrClN2O/c1-6-2-7(11)5-14-9(15)3-8(4-12)13-10(6)14/h2-3,5H,4H2,1H3. The van der Waals surface area contributed by atoms with Gasteiger partial charge in [-0.1, -0.05) is 0 Å². The summed E-state index contributed by atoms with van der Waals surface area (Å²) in [5.41, 5.74) is 2.09. The van der Waals surface area contributed by atoms with Crippen LogP contribution in [-0.4, -0.2) is 9.38 Å². The van der Waals surface area contributed by atoms with Crippen molar-refractivity contribution in [2.75, 3.05) is 0 Å². The van der Waals surface area contributed by atoms with Gasteiger partial charge in [-0.2, -0.15) is 0 Å². The molecule has 0 fully saturated rings. The Morgan fingerprint density at radius 3 is 2.93 bits per heavy atom. The van der Waals surface area contributed by atoms with E-state index in [-0.39, 0.29) is 11.4 Å². The fraction of sp³-hybridized carbons (Fsp3) is 0.200. The SMILES string of the molecule is Cc1cc(Br)cn2c(=O)cc(CCl)nc12. The van der Waals surface area contributed by atoms with Crippen LogP contribution < -0.4 is 5.56 Å². The molecule has 15 heavy (non-hydrogen) atoms. The molecule has 5 heteroatoms. The third kappa shape index (κ3) is 1.92. The number of halogens is 2. The summed E-state index contributed by atoms with van der Waals surface area (Å²) in [4.78, 5) is 16.0. The van der Waals surface area contributed by atoms with Crippen LogP contribution in [0.4, 0.5) is 0 Å². The second-order valence-corrected chi connectivity index (χ2v) is 4.44. The van der Waals surface area contributed by atoms with Crippen LogP contribution in [0, 0.1) is 6.92 Å².